The molecule has 0 amide bonds. The van der Waals surface area contributed by atoms with Crippen molar-refractivity contribution in [1.29, 1.82) is 0 Å². The Morgan fingerprint density at radius 1 is 1.15 bits per heavy atom. The normalized spacial score (nSPS) is 9.25. The maximum absolute atomic E-state index is 10.3. The van der Waals surface area contributed by atoms with E-state index in [1.54, 1.807) is 12.1 Å². The zero-order chi connectivity index (χ0) is 15.1. The van der Waals surface area contributed by atoms with E-state index in [0.717, 1.165) is 6.07 Å². The lowest BCUT2D eigenvalue weighted by Gasteiger charge is -1.91. The monoisotopic (exact) mass is 295 g/mol. The van der Waals surface area contributed by atoms with Gasteiger partial charge >= 0.3 is 5.97 Å². The first-order chi connectivity index (χ1) is 9.40. The van der Waals surface area contributed by atoms with Gasteiger partial charge in [-0.3, -0.25) is 10.1 Å². The maximum Gasteiger partial charge on any atom is 0.335 e. The van der Waals surface area contributed by atoms with Gasteiger partial charge in [0.2, 0.25) is 0 Å². The molecule has 0 aliphatic rings. The van der Waals surface area contributed by atoms with Crippen molar-refractivity contribution in [3.63, 3.8) is 0 Å². The lowest BCUT2D eigenvalue weighted by molar-refractivity contribution is -0.384. The molecule has 6 nitrogen and oxygen atoms in total. The van der Waals surface area contributed by atoms with E-state index in [-0.39, 0.29) is 17.0 Å². The summed E-state index contributed by atoms with van der Waals surface area (Å²) in [5.41, 5.74) is 0.157. The molecule has 0 spiro atoms. The quantitative estimate of drug-likeness (QED) is 0.653. The van der Waals surface area contributed by atoms with Gasteiger partial charge in [0.1, 0.15) is 5.75 Å². The number of rotatable bonds is 2. The van der Waals surface area contributed by atoms with Gasteiger partial charge < -0.3 is 10.2 Å². The number of aromatic carboxylic acids is 1. The average molecular weight is 296 g/mol. The van der Waals surface area contributed by atoms with E-state index < -0.39 is 10.9 Å². The second-order valence-corrected chi connectivity index (χ2v) is 4.03. The van der Waals surface area contributed by atoms with Crippen molar-refractivity contribution < 1.29 is 19.9 Å². The maximum atomic E-state index is 10.3. The number of hydrogen-bond donors (Lipinski definition) is 2. The number of benzene rings is 2. The molecule has 20 heavy (non-hydrogen) atoms. The molecule has 2 aromatic rings. The zero-order valence-electron chi connectivity index (χ0n) is 10.1. The van der Waals surface area contributed by atoms with Crippen molar-refractivity contribution in [2.45, 2.75) is 0 Å². The second-order valence-electron chi connectivity index (χ2n) is 3.59. The van der Waals surface area contributed by atoms with Crippen molar-refractivity contribution in [2.24, 2.45) is 0 Å². The Balaban J connectivity index is 0.000000200. The number of phenolic OH excluding ortho intramolecular Hbond substituents is 1. The van der Waals surface area contributed by atoms with E-state index in [1.165, 1.54) is 30.3 Å². The summed E-state index contributed by atoms with van der Waals surface area (Å²) in [7, 11) is 0. The van der Waals surface area contributed by atoms with Crippen molar-refractivity contribution in [3.8, 4) is 5.75 Å². The number of nitro groups is 1. The summed E-state index contributed by atoms with van der Waals surface area (Å²) in [5, 5.41) is 27.8. The summed E-state index contributed by atoms with van der Waals surface area (Å²) in [6.45, 7) is 0. The van der Waals surface area contributed by atoms with Crippen LogP contribution in [0.2, 0.25) is 5.02 Å². The van der Waals surface area contributed by atoms with Crippen molar-refractivity contribution in [3.05, 3.63) is 69.2 Å². The molecule has 0 atom stereocenters. The van der Waals surface area contributed by atoms with Gasteiger partial charge in [-0.25, -0.2) is 4.79 Å². The summed E-state index contributed by atoms with van der Waals surface area (Å²) in [4.78, 5) is 19.8. The number of aromatic hydroxyl groups is 1. The summed E-state index contributed by atoms with van der Waals surface area (Å²) in [6, 6.07) is 11.2. The van der Waals surface area contributed by atoms with Crippen molar-refractivity contribution >= 4 is 23.3 Å². The highest BCUT2D eigenvalue weighted by molar-refractivity contribution is 6.30. The van der Waals surface area contributed by atoms with Gasteiger partial charge in [0, 0.05) is 11.1 Å². The fraction of sp³-hybridized carbons (Fsp3) is 0. The van der Waals surface area contributed by atoms with Crippen LogP contribution in [-0.4, -0.2) is 21.1 Å². The van der Waals surface area contributed by atoms with Crippen LogP contribution in [0.4, 0.5) is 5.69 Å². The van der Waals surface area contributed by atoms with Crippen LogP contribution >= 0.6 is 11.6 Å². The number of carboxylic acids is 1. The molecule has 0 unspecified atom stereocenters. The van der Waals surface area contributed by atoms with Crippen molar-refractivity contribution in [2.75, 3.05) is 0 Å². The predicted molar refractivity (Wildman–Crippen MR) is 73.2 cm³/mol. The van der Waals surface area contributed by atoms with Crippen LogP contribution in [0.25, 0.3) is 0 Å². The minimum absolute atomic E-state index is 0.0887. The SMILES string of the molecule is O=C(O)c1ccc(Cl)cc1.O=[N+]([O-])c1cccc(O)c1. The molecule has 0 radical (unpaired) electrons. The highest BCUT2D eigenvalue weighted by Crippen LogP contribution is 2.16. The third-order valence-corrected chi connectivity index (χ3v) is 2.38. The first-order valence-electron chi connectivity index (χ1n) is 5.32. The number of nitrogens with zero attached hydrogens (tertiary/aromatic N) is 1. The van der Waals surface area contributed by atoms with Crippen LogP contribution in [0.1, 0.15) is 10.4 Å². The van der Waals surface area contributed by atoms with Gasteiger partial charge in [-0.05, 0) is 30.3 Å². The molecule has 0 aromatic heterocycles. The summed E-state index contributed by atoms with van der Waals surface area (Å²) in [6.07, 6.45) is 0. The number of carbonyl (C=O) groups is 1. The van der Waals surface area contributed by atoms with Crippen LogP contribution in [0, 0.1) is 10.1 Å². The molecule has 2 N–H and O–H groups in total. The number of hydrogen-bond acceptors (Lipinski definition) is 4. The number of phenols is 1. The van der Waals surface area contributed by atoms with Crippen molar-refractivity contribution in [1.82, 2.24) is 0 Å². The minimum atomic E-state index is -0.934. The molecule has 0 saturated carbocycles. The highest BCUT2D eigenvalue weighted by atomic mass is 35.5. The van der Waals surface area contributed by atoms with Crippen LogP contribution in [0.3, 0.4) is 0 Å². The first kappa shape index (κ1) is 15.5. The third-order valence-electron chi connectivity index (χ3n) is 2.13. The van der Waals surface area contributed by atoms with E-state index in [2.05, 4.69) is 0 Å². The Hall–Kier alpha value is -2.60. The van der Waals surface area contributed by atoms with Gasteiger partial charge in [-0.1, -0.05) is 17.7 Å². The van der Waals surface area contributed by atoms with E-state index in [1.807, 2.05) is 0 Å². The number of carboxylic acid groups (broad SMARTS) is 1. The van der Waals surface area contributed by atoms with Gasteiger partial charge in [-0.2, -0.15) is 0 Å². The molecule has 0 bridgehead atoms. The summed E-state index contributed by atoms with van der Waals surface area (Å²) >= 11 is 5.52. The molecular formula is C13H10ClNO5. The van der Waals surface area contributed by atoms with Crippen LogP contribution in [0.5, 0.6) is 5.75 Å². The lowest BCUT2D eigenvalue weighted by atomic mass is 10.2. The Labute approximate surface area is 119 Å². The Morgan fingerprint density at radius 2 is 1.75 bits per heavy atom. The topological polar surface area (TPSA) is 101 Å². The van der Waals surface area contributed by atoms with E-state index in [9.17, 15) is 14.9 Å². The Morgan fingerprint density at radius 3 is 2.15 bits per heavy atom. The smallest absolute Gasteiger partial charge is 0.335 e. The van der Waals surface area contributed by atoms with Crippen LogP contribution < -0.4 is 0 Å². The van der Waals surface area contributed by atoms with Gasteiger partial charge in [0.15, 0.2) is 0 Å². The highest BCUT2D eigenvalue weighted by Gasteiger charge is 2.03. The molecule has 104 valence electrons. The molecule has 2 rings (SSSR count). The average Bonchev–Trinajstić information content (AvgIpc) is 2.40. The number of nitro benzene ring substituents is 1. The molecule has 2 aromatic carbocycles. The Bertz CT molecular complexity index is 612. The lowest BCUT2D eigenvalue weighted by Crippen LogP contribution is -1.94. The van der Waals surface area contributed by atoms with E-state index in [0.29, 0.717) is 5.02 Å². The van der Waals surface area contributed by atoms with Gasteiger partial charge in [0.05, 0.1) is 16.6 Å². The largest absolute Gasteiger partial charge is 0.508 e. The molecule has 0 fully saturated rings. The first-order valence-corrected chi connectivity index (χ1v) is 5.70. The fourth-order valence-electron chi connectivity index (χ4n) is 1.20. The van der Waals surface area contributed by atoms with E-state index >= 15 is 0 Å². The molecule has 0 saturated heterocycles. The summed E-state index contributed by atoms with van der Waals surface area (Å²) in [5.74, 6) is -1.02. The number of non-ortho nitro benzene ring substituents is 1. The third kappa shape index (κ3) is 4.95. The number of halogens is 1. The molecule has 0 aliphatic heterocycles. The van der Waals surface area contributed by atoms with E-state index in [4.69, 9.17) is 21.8 Å². The van der Waals surface area contributed by atoms with Crippen LogP contribution in [-0.2, 0) is 0 Å². The Kier molecular flexibility index (Phi) is 5.49. The summed E-state index contributed by atoms with van der Waals surface area (Å²) < 4.78 is 0. The molecule has 0 aliphatic carbocycles. The second kappa shape index (κ2) is 7.10. The van der Waals surface area contributed by atoms with Gasteiger partial charge in [-0.15, -0.1) is 0 Å². The molecular weight excluding hydrogens is 286 g/mol. The zero-order valence-corrected chi connectivity index (χ0v) is 10.8. The molecule has 7 heteroatoms. The van der Waals surface area contributed by atoms with Gasteiger partial charge in [0.25, 0.3) is 5.69 Å². The molecule has 0 heterocycles. The minimum Gasteiger partial charge on any atom is -0.508 e. The standard InChI is InChI=1S/C7H5ClO2.C6H5NO3/c8-6-3-1-5(2-4-6)7(9)10;8-6-3-1-2-5(4-6)7(9)10/h1-4H,(H,9,10);1-4,8H. The predicted octanol–water partition coefficient (Wildman–Crippen LogP) is 3.34. The fourth-order valence-corrected chi connectivity index (χ4v) is 1.33. The van der Waals surface area contributed by atoms with Crippen LogP contribution in [0.15, 0.2) is 48.5 Å².